The highest BCUT2D eigenvalue weighted by Gasteiger charge is 2.18. The molecule has 1 unspecified atom stereocenters. The van der Waals surface area contributed by atoms with E-state index in [1.165, 1.54) is 13.3 Å². The number of amides is 1. The summed E-state index contributed by atoms with van der Waals surface area (Å²) in [5, 5.41) is 3.74. The fraction of sp³-hybridized carbons (Fsp3) is 0.143. The number of ether oxygens (including phenoxy) is 1. The largest absolute Gasteiger partial charge is 0.366 e. The Kier molecular flexibility index (Phi) is 5.01. The first kappa shape index (κ1) is 15.6. The molecule has 2 rings (SSSR count). The predicted octanol–water partition coefficient (Wildman–Crippen LogP) is 3.24. The van der Waals surface area contributed by atoms with Crippen molar-refractivity contribution in [2.45, 2.75) is 6.23 Å². The van der Waals surface area contributed by atoms with Gasteiger partial charge in [0.2, 0.25) is 5.91 Å². The zero-order valence-corrected chi connectivity index (χ0v) is 12.7. The number of hydrogen-bond donors (Lipinski definition) is 2. The van der Waals surface area contributed by atoms with Crippen LogP contribution in [0, 0.1) is 0 Å². The molecule has 5 nitrogen and oxygen atoms in total. The summed E-state index contributed by atoms with van der Waals surface area (Å²) in [7, 11) is 1.51. The minimum atomic E-state index is -0.607. The maximum Gasteiger partial charge on any atom is 0.249 e. The van der Waals surface area contributed by atoms with Crippen molar-refractivity contribution < 1.29 is 9.53 Å². The third-order valence-electron chi connectivity index (χ3n) is 2.85. The highest BCUT2D eigenvalue weighted by Crippen LogP contribution is 2.29. The number of carbonyl (C=O) groups excluding carboxylic acids is 1. The van der Waals surface area contributed by atoms with Crippen molar-refractivity contribution in [1.82, 2.24) is 4.98 Å². The molecule has 1 aromatic heterocycles. The molecule has 2 aromatic rings. The number of anilines is 1. The van der Waals surface area contributed by atoms with Gasteiger partial charge in [-0.25, -0.2) is 4.98 Å². The van der Waals surface area contributed by atoms with Crippen molar-refractivity contribution in [2.75, 3.05) is 12.4 Å². The van der Waals surface area contributed by atoms with E-state index in [0.29, 0.717) is 27.0 Å². The quantitative estimate of drug-likeness (QED) is 0.653. The lowest BCUT2D eigenvalue weighted by molar-refractivity contribution is 0.0983. The van der Waals surface area contributed by atoms with E-state index in [2.05, 4.69) is 10.3 Å². The number of aromatic nitrogens is 1. The Morgan fingerprint density at radius 2 is 2.10 bits per heavy atom. The van der Waals surface area contributed by atoms with Gasteiger partial charge in [-0.2, -0.15) is 0 Å². The number of carbonyl (C=O) groups is 1. The number of hydrogen-bond acceptors (Lipinski definition) is 4. The second-order valence-corrected chi connectivity index (χ2v) is 4.99. The molecule has 3 N–H and O–H groups in total. The topological polar surface area (TPSA) is 77.2 Å². The van der Waals surface area contributed by atoms with Gasteiger partial charge in [0, 0.05) is 30.5 Å². The van der Waals surface area contributed by atoms with Crippen molar-refractivity contribution in [3.05, 3.63) is 57.8 Å². The molecule has 0 aliphatic rings. The Bertz CT molecular complexity index is 664. The standard InChI is InChI=1S/C14H13Cl2N3O2/c1-21-14(9-5-3-2-4-8(9)13(17)20)19-11-6-12(16)18-7-10(11)15/h2-7,14H,1H3,(H2,17,20)(H,18,19). The first-order valence-electron chi connectivity index (χ1n) is 6.02. The van der Waals surface area contributed by atoms with E-state index >= 15 is 0 Å². The lowest BCUT2D eigenvalue weighted by atomic mass is 10.1. The molecule has 7 heteroatoms. The highest BCUT2D eigenvalue weighted by atomic mass is 35.5. The van der Waals surface area contributed by atoms with E-state index < -0.39 is 12.1 Å². The van der Waals surface area contributed by atoms with E-state index in [4.69, 9.17) is 33.7 Å². The molecule has 0 fully saturated rings. The number of nitrogens with two attached hydrogens (primary N) is 1. The zero-order chi connectivity index (χ0) is 15.4. The Balaban J connectivity index is 2.37. The molecule has 1 heterocycles. The van der Waals surface area contributed by atoms with Crippen LogP contribution in [0.1, 0.15) is 22.1 Å². The number of nitrogens with one attached hydrogen (secondary N) is 1. The van der Waals surface area contributed by atoms with Crippen molar-refractivity contribution in [1.29, 1.82) is 0 Å². The van der Waals surface area contributed by atoms with E-state index in [-0.39, 0.29) is 0 Å². The average molecular weight is 326 g/mol. The van der Waals surface area contributed by atoms with Crippen LogP contribution in [0.2, 0.25) is 10.2 Å². The molecule has 110 valence electrons. The van der Waals surface area contributed by atoms with Crippen LogP contribution in [-0.2, 0) is 4.74 Å². The first-order chi connectivity index (χ1) is 10.0. The number of benzene rings is 1. The SMILES string of the molecule is COC(Nc1cc(Cl)ncc1Cl)c1ccccc1C(N)=O. The van der Waals surface area contributed by atoms with Gasteiger partial charge in [0.25, 0.3) is 0 Å². The molecule has 0 bridgehead atoms. The number of nitrogens with zero attached hydrogens (tertiary/aromatic N) is 1. The van der Waals surface area contributed by atoms with Crippen LogP contribution in [-0.4, -0.2) is 18.0 Å². The van der Waals surface area contributed by atoms with E-state index in [1.807, 2.05) is 0 Å². The molecule has 1 amide bonds. The summed E-state index contributed by atoms with van der Waals surface area (Å²) in [5.74, 6) is -0.534. The normalized spacial score (nSPS) is 12.0. The van der Waals surface area contributed by atoms with Gasteiger partial charge < -0.3 is 15.8 Å². The number of halogens is 2. The van der Waals surface area contributed by atoms with Gasteiger partial charge in [0.05, 0.1) is 10.7 Å². The van der Waals surface area contributed by atoms with Crippen LogP contribution in [0.5, 0.6) is 0 Å². The molecule has 0 saturated carbocycles. The van der Waals surface area contributed by atoms with Gasteiger partial charge in [0.15, 0.2) is 6.23 Å². The molecule has 0 aliphatic carbocycles. The second kappa shape index (κ2) is 6.76. The Labute approximate surface area is 132 Å². The highest BCUT2D eigenvalue weighted by molar-refractivity contribution is 6.34. The van der Waals surface area contributed by atoms with Crippen molar-refractivity contribution >= 4 is 34.8 Å². The second-order valence-electron chi connectivity index (χ2n) is 4.20. The van der Waals surface area contributed by atoms with Crippen molar-refractivity contribution in [2.24, 2.45) is 5.73 Å². The summed E-state index contributed by atoms with van der Waals surface area (Å²) in [4.78, 5) is 15.4. The Hall–Kier alpha value is -1.82. The maximum atomic E-state index is 11.5. The molecule has 0 spiro atoms. The van der Waals surface area contributed by atoms with Crippen molar-refractivity contribution in [3.8, 4) is 0 Å². The van der Waals surface area contributed by atoms with Gasteiger partial charge >= 0.3 is 0 Å². The summed E-state index contributed by atoms with van der Waals surface area (Å²) in [6.07, 6.45) is 0.823. The molecule has 21 heavy (non-hydrogen) atoms. The molecule has 0 radical (unpaired) electrons. The molecular formula is C14H13Cl2N3O2. The molecule has 1 atom stereocenters. The number of primary amides is 1. The third-order valence-corrected chi connectivity index (χ3v) is 3.36. The Morgan fingerprint density at radius 3 is 2.76 bits per heavy atom. The zero-order valence-electron chi connectivity index (χ0n) is 11.1. The number of rotatable bonds is 5. The minimum absolute atomic E-state index is 0.292. The molecule has 0 aliphatic heterocycles. The summed E-state index contributed by atoms with van der Waals surface area (Å²) < 4.78 is 5.38. The number of methoxy groups -OCH3 is 1. The fourth-order valence-electron chi connectivity index (χ4n) is 1.88. The van der Waals surface area contributed by atoms with Crippen LogP contribution in [0.15, 0.2) is 36.5 Å². The average Bonchev–Trinajstić information content (AvgIpc) is 2.48. The summed E-state index contributed by atoms with van der Waals surface area (Å²) in [6.45, 7) is 0. The van der Waals surface area contributed by atoms with Gasteiger partial charge in [-0.3, -0.25) is 4.79 Å². The predicted molar refractivity (Wildman–Crippen MR) is 82.6 cm³/mol. The van der Waals surface area contributed by atoms with Crippen LogP contribution in [0.4, 0.5) is 5.69 Å². The summed E-state index contributed by atoms with van der Waals surface area (Å²) in [5.41, 5.74) is 6.90. The molecule has 0 saturated heterocycles. The maximum absolute atomic E-state index is 11.5. The monoisotopic (exact) mass is 325 g/mol. The summed E-state index contributed by atoms with van der Waals surface area (Å²) >= 11 is 11.9. The van der Waals surface area contributed by atoms with Crippen LogP contribution in [0.3, 0.4) is 0 Å². The third kappa shape index (κ3) is 3.64. The minimum Gasteiger partial charge on any atom is -0.366 e. The fourth-order valence-corrected chi connectivity index (χ4v) is 2.19. The van der Waals surface area contributed by atoms with E-state index in [0.717, 1.165) is 0 Å². The van der Waals surface area contributed by atoms with E-state index in [1.54, 1.807) is 30.3 Å². The van der Waals surface area contributed by atoms with Gasteiger partial charge in [-0.15, -0.1) is 0 Å². The van der Waals surface area contributed by atoms with Crippen LogP contribution >= 0.6 is 23.2 Å². The van der Waals surface area contributed by atoms with Gasteiger partial charge in [-0.1, -0.05) is 41.4 Å². The van der Waals surface area contributed by atoms with Gasteiger partial charge in [0.1, 0.15) is 5.15 Å². The van der Waals surface area contributed by atoms with Crippen molar-refractivity contribution in [3.63, 3.8) is 0 Å². The van der Waals surface area contributed by atoms with Crippen LogP contribution < -0.4 is 11.1 Å². The molecule has 1 aromatic carbocycles. The Morgan fingerprint density at radius 1 is 1.38 bits per heavy atom. The van der Waals surface area contributed by atoms with E-state index in [9.17, 15) is 4.79 Å². The van der Waals surface area contributed by atoms with Gasteiger partial charge in [-0.05, 0) is 6.07 Å². The summed E-state index contributed by atoms with van der Waals surface area (Å²) in [6, 6.07) is 8.47. The van der Waals surface area contributed by atoms with Crippen LogP contribution in [0.25, 0.3) is 0 Å². The first-order valence-corrected chi connectivity index (χ1v) is 6.77. The molecular weight excluding hydrogens is 313 g/mol. The smallest absolute Gasteiger partial charge is 0.249 e. The number of pyridine rings is 1. The lowest BCUT2D eigenvalue weighted by Gasteiger charge is -2.21. The lowest BCUT2D eigenvalue weighted by Crippen LogP contribution is -2.20.